The molecule has 0 bridgehead atoms. The molecule has 0 aliphatic carbocycles. The Labute approximate surface area is 167 Å². The van der Waals surface area contributed by atoms with Crippen LogP contribution in [0, 0.1) is 0 Å². The van der Waals surface area contributed by atoms with Crippen LogP contribution in [0.2, 0.25) is 0 Å². The third-order valence-corrected chi connectivity index (χ3v) is 5.20. The molecule has 2 heterocycles. The molecule has 28 heavy (non-hydrogen) atoms. The van der Waals surface area contributed by atoms with Gasteiger partial charge in [-0.25, -0.2) is 4.79 Å². The second kappa shape index (κ2) is 10.2. The van der Waals surface area contributed by atoms with Crippen molar-refractivity contribution in [3.8, 4) is 0 Å². The molecular formula is C22H30N4O2. The van der Waals surface area contributed by atoms with Crippen LogP contribution in [-0.4, -0.2) is 53.2 Å². The average molecular weight is 383 g/mol. The van der Waals surface area contributed by atoms with Crippen LogP contribution in [0.1, 0.15) is 31.4 Å². The van der Waals surface area contributed by atoms with Gasteiger partial charge in [0.1, 0.15) is 0 Å². The van der Waals surface area contributed by atoms with E-state index in [4.69, 9.17) is 4.74 Å². The maximum atomic E-state index is 12.9. The number of pyridine rings is 1. The van der Waals surface area contributed by atoms with Crippen molar-refractivity contribution in [1.29, 1.82) is 0 Å². The molecule has 0 saturated carbocycles. The summed E-state index contributed by atoms with van der Waals surface area (Å²) < 4.78 is 5.40. The van der Waals surface area contributed by atoms with Gasteiger partial charge in [0, 0.05) is 50.3 Å². The monoisotopic (exact) mass is 382 g/mol. The van der Waals surface area contributed by atoms with E-state index in [9.17, 15) is 4.79 Å². The van der Waals surface area contributed by atoms with Crippen LogP contribution in [0.5, 0.6) is 0 Å². The quantitative estimate of drug-likeness (QED) is 0.792. The Bertz CT molecular complexity index is 730. The topological polar surface area (TPSA) is 57.7 Å². The SMILES string of the molecule is CC[C@H](C)N(Cc1ccncc1)C(=O)Nc1ccc(CN2CCOCC2)cc1. The predicted octanol–water partition coefficient (Wildman–Crippen LogP) is 3.75. The van der Waals surface area contributed by atoms with Crippen LogP contribution in [-0.2, 0) is 17.8 Å². The third-order valence-electron chi connectivity index (χ3n) is 5.20. The van der Waals surface area contributed by atoms with Gasteiger partial charge in [0.15, 0.2) is 0 Å². The van der Waals surface area contributed by atoms with Crippen molar-refractivity contribution in [2.45, 2.75) is 39.4 Å². The number of hydrogen-bond acceptors (Lipinski definition) is 4. The molecule has 0 spiro atoms. The standard InChI is InChI=1S/C22H30N4O2/c1-3-18(2)26(17-20-8-10-23-11-9-20)22(27)24-21-6-4-19(5-7-21)16-25-12-14-28-15-13-25/h4-11,18H,3,12-17H2,1-2H3,(H,24,27)/t18-/m0/s1. The first-order chi connectivity index (χ1) is 13.7. The average Bonchev–Trinajstić information content (AvgIpc) is 2.74. The van der Waals surface area contributed by atoms with Crippen LogP contribution in [0.25, 0.3) is 0 Å². The smallest absolute Gasteiger partial charge is 0.322 e. The maximum Gasteiger partial charge on any atom is 0.322 e. The third kappa shape index (κ3) is 5.78. The molecule has 1 aromatic heterocycles. The van der Waals surface area contributed by atoms with Crippen molar-refractivity contribution in [3.05, 3.63) is 59.9 Å². The molecule has 0 unspecified atom stereocenters. The van der Waals surface area contributed by atoms with Gasteiger partial charge < -0.3 is 15.0 Å². The van der Waals surface area contributed by atoms with E-state index in [1.54, 1.807) is 12.4 Å². The van der Waals surface area contributed by atoms with Crippen molar-refractivity contribution in [2.75, 3.05) is 31.6 Å². The Morgan fingerprint density at radius 1 is 1.14 bits per heavy atom. The van der Waals surface area contributed by atoms with Crippen molar-refractivity contribution >= 4 is 11.7 Å². The molecule has 1 aliphatic rings. The van der Waals surface area contributed by atoms with Crippen LogP contribution >= 0.6 is 0 Å². The highest BCUT2D eigenvalue weighted by atomic mass is 16.5. The van der Waals surface area contributed by atoms with Crippen molar-refractivity contribution in [2.24, 2.45) is 0 Å². The molecule has 2 aromatic rings. The van der Waals surface area contributed by atoms with Gasteiger partial charge in [-0.15, -0.1) is 0 Å². The highest BCUT2D eigenvalue weighted by molar-refractivity contribution is 5.89. The number of carbonyl (C=O) groups excluding carboxylic acids is 1. The van der Waals surface area contributed by atoms with E-state index in [-0.39, 0.29) is 12.1 Å². The molecule has 150 valence electrons. The highest BCUT2D eigenvalue weighted by Gasteiger charge is 2.19. The number of aromatic nitrogens is 1. The van der Waals surface area contributed by atoms with E-state index < -0.39 is 0 Å². The van der Waals surface area contributed by atoms with E-state index in [2.05, 4.69) is 41.2 Å². The van der Waals surface area contributed by atoms with Crippen molar-refractivity contribution < 1.29 is 9.53 Å². The lowest BCUT2D eigenvalue weighted by Crippen LogP contribution is -2.40. The van der Waals surface area contributed by atoms with Gasteiger partial charge >= 0.3 is 6.03 Å². The number of rotatable bonds is 7. The Morgan fingerprint density at radius 2 is 1.82 bits per heavy atom. The fourth-order valence-electron chi connectivity index (χ4n) is 3.24. The first kappa shape index (κ1) is 20.3. The minimum absolute atomic E-state index is 0.0768. The fraction of sp³-hybridized carbons (Fsp3) is 0.455. The van der Waals surface area contributed by atoms with Crippen molar-refractivity contribution in [1.82, 2.24) is 14.8 Å². The summed E-state index contributed by atoms with van der Waals surface area (Å²) in [5.74, 6) is 0. The zero-order valence-electron chi connectivity index (χ0n) is 16.8. The minimum Gasteiger partial charge on any atom is -0.379 e. The second-order valence-corrected chi connectivity index (χ2v) is 7.26. The lowest BCUT2D eigenvalue weighted by atomic mass is 10.1. The number of hydrogen-bond donors (Lipinski definition) is 1. The number of carbonyl (C=O) groups is 1. The number of anilines is 1. The van der Waals surface area contributed by atoms with Gasteiger partial charge in [-0.1, -0.05) is 19.1 Å². The van der Waals surface area contributed by atoms with E-state index in [0.29, 0.717) is 6.54 Å². The lowest BCUT2D eigenvalue weighted by Gasteiger charge is -2.29. The Kier molecular flexibility index (Phi) is 7.39. The molecule has 6 nitrogen and oxygen atoms in total. The van der Waals surface area contributed by atoms with E-state index in [1.807, 2.05) is 29.2 Å². The molecule has 1 aromatic carbocycles. The molecule has 0 radical (unpaired) electrons. The summed E-state index contributed by atoms with van der Waals surface area (Å²) in [6.45, 7) is 9.20. The Morgan fingerprint density at radius 3 is 2.46 bits per heavy atom. The molecule has 2 amide bonds. The largest absolute Gasteiger partial charge is 0.379 e. The van der Waals surface area contributed by atoms with Crippen LogP contribution in [0.3, 0.4) is 0 Å². The molecular weight excluding hydrogens is 352 g/mol. The van der Waals surface area contributed by atoms with Crippen LogP contribution in [0.15, 0.2) is 48.8 Å². The summed E-state index contributed by atoms with van der Waals surface area (Å²) in [6, 6.07) is 12.1. The van der Waals surface area contributed by atoms with Gasteiger partial charge in [-0.2, -0.15) is 0 Å². The molecule has 1 fully saturated rings. The van der Waals surface area contributed by atoms with E-state index in [1.165, 1.54) is 5.56 Å². The zero-order valence-corrected chi connectivity index (χ0v) is 16.8. The molecule has 6 heteroatoms. The number of ether oxygens (including phenoxy) is 1. The fourth-order valence-corrected chi connectivity index (χ4v) is 3.24. The Hall–Kier alpha value is -2.44. The maximum absolute atomic E-state index is 12.9. The van der Waals surface area contributed by atoms with E-state index in [0.717, 1.165) is 50.5 Å². The Balaban J connectivity index is 1.60. The van der Waals surface area contributed by atoms with Crippen LogP contribution in [0.4, 0.5) is 10.5 Å². The normalized spacial score (nSPS) is 15.8. The summed E-state index contributed by atoms with van der Waals surface area (Å²) >= 11 is 0. The van der Waals surface area contributed by atoms with Gasteiger partial charge in [0.25, 0.3) is 0 Å². The van der Waals surface area contributed by atoms with Gasteiger partial charge in [0.05, 0.1) is 13.2 Å². The minimum atomic E-state index is -0.0768. The number of urea groups is 1. The number of amides is 2. The number of nitrogens with one attached hydrogen (secondary N) is 1. The summed E-state index contributed by atoms with van der Waals surface area (Å²) in [5, 5.41) is 3.05. The number of morpholine rings is 1. The second-order valence-electron chi connectivity index (χ2n) is 7.26. The molecule has 3 rings (SSSR count). The summed E-state index contributed by atoms with van der Waals surface area (Å²) in [5.41, 5.74) is 3.14. The summed E-state index contributed by atoms with van der Waals surface area (Å²) in [4.78, 5) is 21.2. The van der Waals surface area contributed by atoms with Crippen molar-refractivity contribution in [3.63, 3.8) is 0 Å². The molecule has 1 N–H and O–H groups in total. The van der Waals surface area contributed by atoms with E-state index >= 15 is 0 Å². The molecule has 1 saturated heterocycles. The van der Waals surface area contributed by atoms with Crippen LogP contribution < -0.4 is 5.32 Å². The summed E-state index contributed by atoms with van der Waals surface area (Å²) in [6.07, 6.45) is 4.42. The van der Waals surface area contributed by atoms with Gasteiger partial charge in [-0.05, 0) is 48.7 Å². The van der Waals surface area contributed by atoms with Gasteiger partial charge in [-0.3, -0.25) is 9.88 Å². The molecule has 1 atom stereocenters. The highest BCUT2D eigenvalue weighted by Crippen LogP contribution is 2.16. The number of nitrogens with zero attached hydrogens (tertiary/aromatic N) is 3. The first-order valence-corrected chi connectivity index (χ1v) is 10.0. The predicted molar refractivity (Wildman–Crippen MR) is 111 cm³/mol. The first-order valence-electron chi connectivity index (χ1n) is 10.0. The summed E-state index contributed by atoms with van der Waals surface area (Å²) in [7, 11) is 0. The zero-order chi connectivity index (χ0) is 19.8. The molecule has 1 aliphatic heterocycles. The van der Waals surface area contributed by atoms with Gasteiger partial charge in [0.2, 0.25) is 0 Å². The lowest BCUT2D eigenvalue weighted by molar-refractivity contribution is 0.0342. The number of benzene rings is 1.